The molecule has 0 aromatic heterocycles. The molecule has 0 amide bonds. The predicted octanol–water partition coefficient (Wildman–Crippen LogP) is 4.25. The summed E-state index contributed by atoms with van der Waals surface area (Å²) in [4.78, 5) is 0. The lowest BCUT2D eigenvalue weighted by molar-refractivity contribution is 0.143. The van der Waals surface area contributed by atoms with Gasteiger partial charge in [-0.25, -0.2) is 8.78 Å². The van der Waals surface area contributed by atoms with Crippen LogP contribution in [-0.2, 0) is 0 Å². The molecule has 0 saturated carbocycles. The van der Waals surface area contributed by atoms with Gasteiger partial charge in [-0.05, 0) is 30.5 Å². The van der Waals surface area contributed by atoms with Crippen molar-refractivity contribution >= 4 is 0 Å². The van der Waals surface area contributed by atoms with Gasteiger partial charge in [0.15, 0.2) is 0 Å². The number of benzene rings is 2. The second kappa shape index (κ2) is 6.62. The molecule has 3 heteroatoms. The van der Waals surface area contributed by atoms with Gasteiger partial charge in [0.25, 0.3) is 6.43 Å². The molecule has 106 valence electrons. The van der Waals surface area contributed by atoms with E-state index >= 15 is 0 Å². The Kier molecular flexibility index (Phi) is 4.85. The van der Waals surface area contributed by atoms with Gasteiger partial charge in [0.05, 0.1) is 12.6 Å². The first-order valence-electron chi connectivity index (χ1n) is 6.71. The van der Waals surface area contributed by atoms with Crippen LogP contribution in [0.5, 0.6) is 0 Å². The van der Waals surface area contributed by atoms with Crippen LogP contribution in [0, 0.1) is 13.8 Å². The molecule has 2 aromatic rings. The Morgan fingerprint density at radius 1 is 1.00 bits per heavy atom. The molecule has 0 heterocycles. The smallest absolute Gasteiger partial charge is 0.250 e. The molecule has 0 radical (unpaired) electrons. The van der Waals surface area contributed by atoms with Gasteiger partial charge in [-0.1, -0.05) is 54.1 Å². The molecule has 0 saturated heterocycles. The molecule has 1 nitrogen and oxygen atoms in total. The van der Waals surface area contributed by atoms with E-state index in [0.29, 0.717) is 0 Å². The third-order valence-electron chi connectivity index (χ3n) is 3.35. The van der Waals surface area contributed by atoms with Crippen LogP contribution in [-0.4, -0.2) is 13.0 Å². The van der Waals surface area contributed by atoms with Crippen molar-refractivity contribution in [3.8, 4) is 0 Å². The molecule has 1 atom stereocenters. The zero-order chi connectivity index (χ0) is 14.5. The van der Waals surface area contributed by atoms with Crippen molar-refractivity contribution in [3.63, 3.8) is 0 Å². The molecule has 1 unspecified atom stereocenters. The van der Waals surface area contributed by atoms with Crippen molar-refractivity contribution in [2.45, 2.75) is 26.3 Å². The van der Waals surface area contributed by atoms with Gasteiger partial charge in [-0.3, -0.25) is 0 Å². The normalized spacial score (nSPS) is 12.7. The highest BCUT2D eigenvalue weighted by Crippen LogP contribution is 2.25. The van der Waals surface area contributed by atoms with Crippen molar-refractivity contribution in [1.29, 1.82) is 0 Å². The number of aryl methyl sites for hydroxylation is 2. The standard InChI is InChI=1S/C17H19F2N/c1-12-8-9-15(13(2)10-12)17(20-11-16(18)19)14-6-4-3-5-7-14/h3-10,16-17,20H,11H2,1-2H3. The molecular weight excluding hydrogens is 256 g/mol. The summed E-state index contributed by atoms with van der Waals surface area (Å²) >= 11 is 0. The molecule has 2 rings (SSSR count). The Hall–Kier alpha value is -1.74. The lowest BCUT2D eigenvalue weighted by atomic mass is 9.94. The van der Waals surface area contributed by atoms with Gasteiger partial charge in [0.2, 0.25) is 0 Å². The zero-order valence-electron chi connectivity index (χ0n) is 11.7. The molecule has 1 N–H and O–H groups in total. The number of halogens is 2. The quantitative estimate of drug-likeness (QED) is 0.860. The monoisotopic (exact) mass is 275 g/mol. The van der Waals surface area contributed by atoms with Gasteiger partial charge >= 0.3 is 0 Å². The van der Waals surface area contributed by atoms with E-state index in [9.17, 15) is 8.78 Å². The van der Waals surface area contributed by atoms with Crippen LogP contribution in [0.4, 0.5) is 8.78 Å². The highest BCUT2D eigenvalue weighted by Gasteiger charge is 2.17. The van der Waals surface area contributed by atoms with Crippen LogP contribution in [0.3, 0.4) is 0 Å². The van der Waals surface area contributed by atoms with E-state index in [4.69, 9.17) is 0 Å². The SMILES string of the molecule is Cc1ccc(C(NCC(F)F)c2ccccc2)c(C)c1. The molecular formula is C17H19F2N. The highest BCUT2D eigenvalue weighted by molar-refractivity contribution is 5.38. The Balaban J connectivity index is 2.35. The third-order valence-corrected chi connectivity index (χ3v) is 3.35. The molecule has 0 aliphatic heterocycles. The van der Waals surface area contributed by atoms with E-state index in [0.717, 1.165) is 16.7 Å². The molecule has 0 fully saturated rings. The van der Waals surface area contributed by atoms with Crippen LogP contribution in [0.25, 0.3) is 0 Å². The fourth-order valence-corrected chi connectivity index (χ4v) is 2.41. The third kappa shape index (κ3) is 3.64. The fourth-order valence-electron chi connectivity index (χ4n) is 2.41. The second-order valence-corrected chi connectivity index (χ2v) is 5.00. The molecule has 0 spiro atoms. The van der Waals surface area contributed by atoms with Crippen molar-refractivity contribution in [2.24, 2.45) is 0 Å². The molecule has 0 bridgehead atoms. The van der Waals surface area contributed by atoms with E-state index in [1.54, 1.807) is 0 Å². The Morgan fingerprint density at radius 2 is 1.70 bits per heavy atom. The summed E-state index contributed by atoms with van der Waals surface area (Å²) in [5.74, 6) is 0. The maximum Gasteiger partial charge on any atom is 0.250 e. The maximum absolute atomic E-state index is 12.5. The summed E-state index contributed by atoms with van der Waals surface area (Å²) in [5.41, 5.74) is 4.33. The zero-order valence-corrected chi connectivity index (χ0v) is 11.7. The van der Waals surface area contributed by atoms with Gasteiger partial charge in [0.1, 0.15) is 0 Å². The average molecular weight is 275 g/mol. The number of hydrogen-bond donors (Lipinski definition) is 1. The van der Waals surface area contributed by atoms with E-state index in [1.807, 2.05) is 56.3 Å². The van der Waals surface area contributed by atoms with Gasteiger partial charge < -0.3 is 5.32 Å². The topological polar surface area (TPSA) is 12.0 Å². The lowest BCUT2D eigenvalue weighted by Gasteiger charge is -2.22. The summed E-state index contributed by atoms with van der Waals surface area (Å²) in [6, 6.07) is 15.6. The van der Waals surface area contributed by atoms with Crippen LogP contribution in [0.2, 0.25) is 0 Å². The minimum absolute atomic E-state index is 0.203. The van der Waals surface area contributed by atoms with E-state index in [2.05, 4.69) is 11.4 Å². The highest BCUT2D eigenvalue weighted by atomic mass is 19.3. The van der Waals surface area contributed by atoms with Crippen molar-refractivity contribution in [1.82, 2.24) is 5.32 Å². The van der Waals surface area contributed by atoms with Gasteiger partial charge in [-0.2, -0.15) is 0 Å². The van der Waals surface area contributed by atoms with Crippen LogP contribution < -0.4 is 5.32 Å². The summed E-state index contributed by atoms with van der Waals surface area (Å²) in [7, 11) is 0. The average Bonchev–Trinajstić information content (AvgIpc) is 2.42. The summed E-state index contributed by atoms with van der Waals surface area (Å²) < 4.78 is 25.1. The Bertz CT molecular complexity index is 552. The first-order valence-corrected chi connectivity index (χ1v) is 6.71. The minimum Gasteiger partial charge on any atom is -0.301 e. The number of hydrogen-bond acceptors (Lipinski definition) is 1. The number of nitrogens with one attached hydrogen (secondary N) is 1. The van der Waals surface area contributed by atoms with Crippen LogP contribution in [0.1, 0.15) is 28.3 Å². The minimum atomic E-state index is -2.35. The van der Waals surface area contributed by atoms with Crippen LogP contribution in [0.15, 0.2) is 48.5 Å². The van der Waals surface area contributed by atoms with Crippen LogP contribution >= 0.6 is 0 Å². The number of rotatable bonds is 5. The predicted molar refractivity (Wildman–Crippen MR) is 78.2 cm³/mol. The first kappa shape index (κ1) is 14.7. The second-order valence-electron chi connectivity index (χ2n) is 5.00. The summed E-state index contributed by atoms with van der Waals surface area (Å²) in [5, 5.41) is 2.96. The van der Waals surface area contributed by atoms with Gasteiger partial charge in [-0.15, -0.1) is 0 Å². The molecule has 20 heavy (non-hydrogen) atoms. The Labute approximate surface area is 118 Å². The molecule has 0 aliphatic rings. The summed E-state index contributed by atoms with van der Waals surface area (Å²) in [6.07, 6.45) is -2.35. The fraction of sp³-hybridized carbons (Fsp3) is 0.294. The van der Waals surface area contributed by atoms with Crippen molar-refractivity contribution < 1.29 is 8.78 Å². The van der Waals surface area contributed by atoms with Crippen molar-refractivity contribution in [3.05, 3.63) is 70.8 Å². The van der Waals surface area contributed by atoms with Crippen molar-refractivity contribution in [2.75, 3.05) is 6.54 Å². The maximum atomic E-state index is 12.5. The first-order chi connectivity index (χ1) is 9.58. The molecule has 2 aromatic carbocycles. The van der Waals surface area contributed by atoms with E-state index in [1.165, 1.54) is 5.56 Å². The van der Waals surface area contributed by atoms with E-state index in [-0.39, 0.29) is 12.6 Å². The largest absolute Gasteiger partial charge is 0.301 e. The molecule has 0 aliphatic carbocycles. The summed E-state index contributed by atoms with van der Waals surface area (Å²) in [6.45, 7) is 3.73. The number of alkyl halides is 2. The van der Waals surface area contributed by atoms with E-state index < -0.39 is 6.43 Å². The lowest BCUT2D eigenvalue weighted by Crippen LogP contribution is -2.28. The van der Waals surface area contributed by atoms with Gasteiger partial charge in [0, 0.05) is 0 Å². The Morgan fingerprint density at radius 3 is 2.30 bits per heavy atom.